The fourth-order valence-electron chi connectivity index (χ4n) is 3.14. The van der Waals surface area contributed by atoms with E-state index in [9.17, 15) is 24.0 Å². The van der Waals surface area contributed by atoms with Gasteiger partial charge in [-0.05, 0) is 12.1 Å². The predicted molar refractivity (Wildman–Crippen MR) is 106 cm³/mol. The van der Waals surface area contributed by atoms with Crippen LogP contribution in [-0.2, 0) is 42.9 Å². The molecule has 2 rings (SSSR count). The molecule has 0 bridgehead atoms. The lowest BCUT2D eigenvalue weighted by Gasteiger charge is -2.44. The second-order valence-electron chi connectivity index (χ2n) is 6.99. The fraction of sp³-hybridized carbons (Fsp3) is 0.476. The minimum Gasteiger partial charge on any atom is -0.463 e. The number of amides is 1. The molecule has 0 aromatic heterocycles. The molecular weight excluding hydrogens is 426 g/mol. The molecule has 1 aliphatic heterocycles. The Morgan fingerprint density at radius 2 is 1.44 bits per heavy atom. The highest BCUT2D eigenvalue weighted by molar-refractivity contribution is 5.89. The third kappa shape index (κ3) is 7.05. The van der Waals surface area contributed by atoms with Crippen LogP contribution in [0.1, 0.15) is 38.1 Å². The van der Waals surface area contributed by atoms with Crippen molar-refractivity contribution >= 4 is 29.8 Å². The van der Waals surface area contributed by atoms with Crippen molar-refractivity contribution in [1.82, 2.24) is 5.32 Å². The van der Waals surface area contributed by atoms with E-state index < -0.39 is 67.0 Å². The summed E-state index contributed by atoms with van der Waals surface area (Å²) in [6, 6.07) is 6.78. The Morgan fingerprint density at radius 1 is 0.844 bits per heavy atom. The molecule has 1 amide bonds. The summed E-state index contributed by atoms with van der Waals surface area (Å²) in [6.45, 7) is 4.23. The van der Waals surface area contributed by atoms with Gasteiger partial charge in [0.05, 0.1) is 5.56 Å². The predicted octanol–water partition coefficient (Wildman–Crippen LogP) is 0.499. The molecule has 0 saturated carbocycles. The van der Waals surface area contributed by atoms with Crippen LogP contribution in [0.2, 0.25) is 0 Å². The average molecular weight is 451 g/mol. The van der Waals surface area contributed by atoms with Crippen LogP contribution >= 0.6 is 0 Å². The van der Waals surface area contributed by atoms with Crippen LogP contribution < -0.4 is 5.32 Å². The van der Waals surface area contributed by atoms with Gasteiger partial charge in [-0.1, -0.05) is 18.2 Å². The molecule has 5 atom stereocenters. The molecule has 0 aliphatic carbocycles. The van der Waals surface area contributed by atoms with Gasteiger partial charge < -0.3 is 29.0 Å². The number of hydrogen-bond acceptors (Lipinski definition) is 10. The number of carbonyl (C=O) groups excluding carboxylic acids is 5. The zero-order valence-electron chi connectivity index (χ0n) is 18.1. The molecule has 32 heavy (non-hydrogen) atoms. The Labute approximate surface area is 184 Å². The highest BCUT2D eigenvalue weighted by Crippen LogP contribution is 2.28. The largest absolute Gasteiger partial charge is 0.463 e. The lowest BCUT2D eigenvalue weighted by atomic mass is 9.96. The second kappa shape index (κ2) is 11.2. The number of rotatable bonds is 7. The van der Waals surface area contributed by atoms with Crippen LogP contribution in [0.25, 0.3) is 0 Å². The summed E-state index contributed by atoms with van der Waals surface area (Å²) in [4.78, 5) is 59.3. The number of esters is 4. The van der Waals surface area contributed by atoms with E-state index in [-0.39, 0.29) is 5.56 Å². The first kappa shape index (κ1) is 24.8. The van der Waals surface area contributed by atoms with E-state index in [1.54, 1.807) is 18.2 Å². The Hall–Kier alpha value is -3.47. The first-order chi connectivity index (χ1) is 15.1. The van der Waals surface area contributed by atoms with E-state index in [4.69, 9.17) is 23.7 Å². The van der Waals surface area contributed by atoms with Gasteiger partial charge in [0.25, 0.3) is 0 Å². The summed E-state index contributed by atoms with van der Waals surface area (Å²) in [5.74, 6) is -3.43. The second-order valence-corrected chi connectivity index (χ2v) is 6.99. The van der Waals surface area contributed by atoms with E-state index in [0.29, 0.717) is 0 Å². The Morgan fingerprint density at radius 3 is 1.97 bits per heavy atom. The molecule has 1 N–H and O–H groups in total. The molecule has 1 aliphatic rings. The number of nitrogens with one attached hydrogen (secondary N) is 1. The van der Waals surface area contributed by atoms with Crippen LogP contribution in [0.3, 0.4) is 0 Å². The van der Waals surface area contributed by atoms with E-state index in [1.165, 1.54) is 26.0 Å². The van der Waals surface area contributed by atoms with Gasteiger partial charge in [0.15, 0.2) is 12.2 Å². The molecule has 1 saturated heterocycles. The van der Waals surface area contributed by atoms with E-state index in [2.05, 4.69) is 5.32 Å². The van der Waals surface area contributed by atoms with Gasteiger partial charge in [-0.2, -0.15) is 0 Å². The van der Waals surface area contributed by atoms with E-state index in [1.807, 2.05) is 0 Å². The standard InChI is InChI=1S/C21H25NO10/c1-11(23)22-17-19(30-14(4)26)18(29-13(3)25)16(10-28-12(2)24)31-21(17)32-20(27)15-8-6-5-7-9-15/h5-9,16-19,21H,10H2,1-4H3,(H,22,23)/t16-,17+,18+,19+,21+/m1/s1. The summed E-state index contributed by atoms with van der Waals surface area (Å²) in [5.41, 5.74) is 0.209. The van der Waals surface area contributed by atoms with Crippen molar-refractivity contribution in [2.45, 2.75) is 58.3 Å². The van der Waals surface area contributed by atoms with E-state index in [0.717, 1.165) is 13.8 Å². The number of ether oxygens (including phenoxy) is 5. The summed E-state index contributed by atoms with van der Waals surface area (Å²) in [6.07, 6.45) is -5.18. The molecular formula is C21H25NO10. The minimum absolute atomic E-state index is 0.209. The normalized spacial score (nSPS) is 24.6. The Balaban J connectivity index is 2.42. The molecule has 0 spiro atoms. The smallest absolute Gasteiger partial charge is 0.340 e. The number of hydrogen-bond donors (Lipinski definition) is 1. The zero-order valence-corrected chi connectivity index (χ0v) is 18.1. The molecule has 11 nitrogen and oxygen atoms in total. The summed E-state index contributed by atoms with van der Waals surface area (Å²) in [5, 5.41) is 2.52. The van der Waals surface area contributed by atoms with E-state index >= 15 is 0 Å². The van der Waals surface area contributed by atoms with Gasteiger partial charge in [0.2, 0.25) is 12.2 Å². The lowest BCUT2D eigenvalue weighted by molar-refractivity contribution is -0.263. The molecule has 0 unspecified atom stereocenters. The van der Waals surface area contributed by atoms with Crippen LogP contribution in [0, 0.1) is 0 Å². The van der Waals surface area contributed by atoms with Crippen LogP contribution in [0.5, 0.6) is 0 Å². The number of carbonyl (C=O) groups is 5. The van der Waals surface area contributed by atoms with Crippen molar-refractivity contribution in [1.29, 1.82) is 0 Å². The van der Waals surface area contributed by atoms with Crippen molar-refractivity contribution in [2.75, 3.05) is 6.61 Å². The monoisotopic (exact) mass is 451 g/mol. The quantitative estimate of drug-likeness (QED) is 0.460. The van der Waals surface area contributed by atoms with Gasteiger partial charge in [0.1, 0.15) is 18.8 Å². The van der Waals surface area contributed by atoms with Crippen LogP contribution in [0.4, 0.5) is 0 Å². The maximum absolute atomic E-state index is 12.6. The molecule has 1 aromatic carbocycles. The first-order valence-electron chi connectivity index (χ1n) is 9.75. The van der Waals surface area contributed by atoms with Crippen molar-refractivity contribution < 1.29 is 47.7 Å². The highest BCUT2D eigenvalue weighted by Gasteiger charge is 2.52. The third-order valence-electron chi connectivity index (χ3n) is 4.30. The molecule has 174 valence electrons. The average Bonchev–Trinajstić information content (AvgIpc) is 2.70. The molecule has 1 heterocycles. The fourth-order valence-corrected chi connectivity index (χ4v) is 3.14. The lowest BCUT2D eigenvalue weighted by Crippen LogP contribution is -2.66. The highest BCUT2D eigenvalue weighted by atomic mass is 16.7. The molecule has 1 aromatic rings. The SMILES string of the molecule is CC(=O)N[C@@H]1[C@H](OC(=O)c2ccccc2)O[C@H](COC(C)=O)[C@H](OC(C)=O)[C@H]1OC(C)=O. The topological polar surface area (TPSA) is 144 Å². The molecule has 11 heteroatoms. The number of benzene rings is 1. The molecule has 1 fully saturated rings. The van der Waals surface area contributed by atoms with Gasteiger partial charge >= 0.3 is 23.9 Å². The first-order valence-corrected chi connectivity index (χ1v) is 9.75. The Bertz CT molecular complexity index is 855. The van der Waals surface area contributed by atoms with Crippen molar-refractivity contribution in [3.05, 3.63) is 35.9 Å². The molecule has 0 radical (unpaired) electrons. The van der Waals surface area contributed by atoms with Crippen LogP contribution in [0.15, 0.2) is 30.3 Å². The van der Waals surface area contributed by atoms with Crippen molar-refractivity contribution in [3.63, 3.8) is 0 Å². The van der Waals surface area contributed by atoms with Gasteiger partial charge in [0, 0.05) is 27.7 Å². The summed E-state index contributed by atoms with van der Waals surface area (Å²) < 4.78 is 26.8. The van der Waals surface area contributed by atoms with Crippen molar-refractivity contribution in [3.8, 4) is 0 Å². The Kier molecular flexibility index (Phi) is 8.71. The summed E-state index contributed by atoms with van der Waals surface area (Å²) in [7, 11) is 0. The third-order valence-corrected chi connectivity index (χ3v) is 4.30. The van der Waals surface area contributed by atoms with Gasteiger partial charge in [-0.15, -0.1) is 0 Å². The minimum atomic E-state index is -1.46. The maximum Gasteiger partial charge on any atom is 0.340 e. The van der Waals surface area contributed by atoms with Crippen molar-refractivity contribution in [2.24, 2.45) is 0 Å². The summed E-state index contributed by atoms with van der Waals surface area (Å²) >= 11 is 0. The van der Waals surface area contributed by atoms with Gasteiger partial charge in [-0.25, -0.2) is 4.79 Å². The van der Waals surface area contributed by atoms with Gasteiger partial charge in [-0.3, -0.25) is 19.2 Å². The maximum atomic E-state index is 12.6. The zero-order chi connectivity index (χ0) is 23.8. The van der Waals surface area contributed by atoms with Crippen LogP contribution in [-0.4, -0.2) is 67.0 Å².